The van der Waals surface area contributed by atoms with E-state index < -0.39 is 11.5 Å². The molecule has 1 atom stereocenters. The zero-order chi connectivity index (χ0) is 15.9. The van der Waals surface area contributed by atoms with Crippen molar-refractivity contribution in [3.63, 3.8) is 0 Å². The Morgan fingerprint density at radius 3 is 2.71 bits per heavy atom. The lowest BCUT2D eigenvalue weighted by Crippen LogP contribution is -2.52. The van der Waals surface area contributed by atoms with Crippen molar-refractivity contribution in [1.29, 1.82) is 0 Å². The van der Waals surface area contributed by atoms with Crippen LogP contribution in [0.4, 0.5) is 0 Å². The normalized spacial score (nSPS) is 14.1. The summed E-state index contributed by atoms with van der Waals surface area (Å²) in [5.41, 5.74) is -0.839. The molecule has 0 aromatic carbocycles. The second-order valence-corrected chi connectivity index (χ2v) is 7.59. The molecule has 1 aromatic heterocycles. The summed E-state index contributed by atoms with van der Waals surface area (Å²) >= 11 is 5.06. The molecule has 6 heteroatoms. The fraction of sp³-hybridized carbons (Fsp3) is 0.600. The number of halogens is 1. The van der Waals surface area contributed by atoms with Gasteiger partial charge in [-0.1, -0.05) is 6.42 Å². The molecule has 21 heavy (non-hydrogen) atoms. The van der Waals surface area contributed by atoms with E-state index in [2.05, 4.69) is 26.2 Å². The summed E-state index contributed by atoms with van der Waals surface area (Å²) in [6.07, 6.45) is 4.28. The van der Waals surface area contributed by atoms with E-state index in [1.807, 2.05) is 26.0 Å². The highest BCUT2D eigenvalue weighted by Crippen LogP contribution is 2.21. The third-order valence-corrected chi connectivity index (χ3v) is 4.60. The van der Waals surface area contributed by atoms with Crippen LogP contribution in [0.15, 0.2) is 27.8 Å². The van der Waals surface area contributed by atoms with E-state index in [0.717, 1.165) is 28.1 Å². The molecule has 0 amide bonds. The molecule has 0 aliphatic carbocycles. The van der Waals surface area contributed by atoms with E-state index in [0.29, 0.717) is 6.42 Å². The third kappa shape index (κ3) is 6.80. The van der Waals surface area contributed by atoms with Crippen LogP contribution >= 0.6 is 27.7 Å². The number of carboxylic acids is 1. The standard InChI is InChI=1S/C15H23BrN2O2S/c1-11(2)18-15(3,14(19)20)8-4-5-9-21-13-7-6-12(16)10-17-13/h6-7,10-11,18H,4-5,8-9H2,1-3H3,(H,19,20). The maximum Gasteiger partial charge on any atom is 0.323 e. The summed E-state index contributed by atoms with van der Waals surface area (Å²) in [6, 6.07) is 4.12. The lowest BCUT2D eigenvalue weighted by molar-refractivity contribution is -0.144. The number of aromatic nitrogens is 1. The predicted molar refractivity (Wildman–Crippen MR) is 90.8 cm³/mol. The van der Waals surface area contributed by atoms with Crippen molar-refractivity contribution in [3.8, 4) is 0 Å². The Morgan fingerprint density at radius 1 is 1.48 bits per heavy atom. The molecular formula is C15H23BrN2O2S. The minimum absolute atomic E-state index is 0.160. The number of thioether (sulfide) groups is 1. The van der Waals surface area contributed by atoms with Gasteiger partial charge in [-0.2, -0.15) is 0 Å². The molecule has 0 aliphatic heterocycles. The molecule has 1 heterocycles. The average molecular weight is 375 g/mol. The summed E-state index contributed by atoms with van der Waals surface area (Å²) in [4.78, 5) is 15.7. The molecule has 0 saturated heterocycles. The van der Waals surface area contributed by atoms with Crippen molar-refractivity contribution in [3.05, 3.63) is 22.8 Å². The van der Waals surface area contributed by atoms with Crippen LogP contribution in [0, 0.1) is 0 Å². The van der Waals surface area contributed by atoms with Crippen LogP contribution < -0.4 is 5.32 Å². The largest absolute Gasteiger partial charge is 0.480 e. The number of carboxylic acid groups (broad SMARTS) is 1. The van der Waals surface area contributed by atoms with E-state index >= 15 is 0 Å². The SMILES string of the molecule is CC(C)NC(C)(CCCCSc1ccc(Br)cn1)C(=O)O. The topological polar surface area (TPSA) is 62.2 Å². The van der Waals surface area contributed by atoms with E-state index in [4.69, 9.17) is 0 Å². The molecule has 1 unspecified atom stereocenters. The first-order chi connectivity index (χ1) is 9.83. The minimum atomic E-state index is -0.839. The highest BCUT2D eigenvalue weighted by Gasteiger charge is 2.32. The van der Waals surface area contributed by atoms with E-state index in [1.165, 1.54) is 0 Å². The number of hydrogen-bond acceptors (Lipinski definition) is 4. The molecule has 0 bridgehead atoms. The number of hydrogen-bond donors (Lipinski definition) is 2. The second-order valence-electron chi connectivity index (χ2n) is 5.56. The molecule has 0 spiro atoms. The molecule has 1 aromatic rings. The fourth-order valence-corrected chi connectivity index (χ4v) is 3.17. The van der Waals surface area contributed by atoms with Gasteiger partial charge in [0.25, 0.3) is 0 Å². The predicted octanol–water partition coefficient (Wildman–Crippen LogP) is 3.95. The Balaban J connectivity index is 2.31. The number of nitrogens with one attached hydrogen (secondary N) is 1. The van der Waals surface area contributed by atoms with Crippen LogP contribution in [0.3, 0.4) is 0 Å². The lowest BCUT2D eigenvalue weighted by atomic mass is 9.94. The van der Waals surface area contributed by atoms with Crippen molar-refractivity contribution in [2.75, 3.05) is 5.75 Å². The Morgan fingerprint density at radius 2 is 2.19 bits per heavy atom. The van der Waals surface area contributed by atoms with Crippen LogP contribution in [-0.2, 0) is 4.79 Å². The van der Waals surface area contributed by atoms with Crippen molar-refractivity contribution in [1.82, 2.24) is 10.3 Å². The molecule has 4 nitrogen and oxygen atoms in total. The Bertz CT molecular complexity index is 453. The number of rotatable bonds is 9. The molecule has 118 valence electrons. The molecule has 0 aliphatic rings. The van der Waals surface area contributed by atoms with Gasteiger partial charge in [0.05, 0.1) is 5.03 Å². The number of unbranched alkanes of at least 4 members (excludes halogenated alkanes) is 1. The Hall–Kier alpha value is -0.590. The zero-order valence-electron chi connectivity index (χ0n) is 12.7. The van der Waals surface area contributed by atoms with E-state index in [1.54, 1.807) is 24.9 Å². The summed E-state index contributed by atoms with van der Waals surface area (Å²) in [5.74, 6) is 0.171. The molecular weight excluding hydrogens is 352 g/mol. The van der Waals surface area contributed by atoms with Crippen molar-refractivity contribution < 1.29 is 9.90 Å². The van der Waals surface area contributed by atoms with E-state index in [-0.39, 0.29) is 6.04 Å². The molecule has 0 radical (unpaired) electrons. The Kier molecular flexibility index (Phi) is 7.70. The van der Waals surface area contributed by atoms with Gasteiger partial charge in [0.1, 0.15) is 5.54 Å². The summed E-state index contributed by atoms with van der Waals surface area (Å²) in [6.45, 7) is 5.70. The van der Waals surface area contributed by atoms with Crippen LogP contribution in [0.5, 0.6) is 0 Å². The minimum Gasteiger partial charge on any atom is -0.480 e. The first kappa shape index (κ1) is 18.5. The summed E-state index contributed by atoms with van der Waals surface area (Å²) in [7, 11) is 0. The smallest absolute Gasteiger partial charge is 0.323 e. The molecule has 0 saturated carbocycles. The maximum atomic E-state index is 11.4. The number of nitrogens with zero attached hydrogens (tertiary/aromatic N) is 1. The first-order valence-electron chi connectivity index (χ1n) is 7.09. The lowest BCUT2D eigenvalue weighted by Gasteiger charge is -2.28. The highest BCUT2D eigenvalue weighted by atomic mass is 79.9. The number of carbonyl (C=O) groups is 1. The van der Waals surface area contributed by atoms with Gasteiger partial charge in [-0.05, 0) is 67.4 Å². The summed E-state index contributed by atoms with van der Waals surface area (Å²) < 4.78 is 0.976. The van der Waals surface area contributed by atoms with Crippen LogP contribution in [0.1, 0.15) is 40.0 Å². The summed E-state index contributed by atoms with van der Waals surface area (Å²) in [5, 5.41) is 13.5. The third-order valence-electron chi connectivity index (χ3n) is 3.10. The molecule has 2 N–H and O–H groups in total. The van der Waals surface area contributed by atoms with Crippen molar-refractivity contribution in [2.45, 2.75) is 56.6 Å². The zero-order valence-corrected chi connectivity index (χ0v) is 15.1. The molecule has 1 rings (SSSR count). The first-order valence-corrected chi connectivity index (χ1v) is 8.87. The van der Waals surface area contributed by atoms with Gasteiger partial charge in [0.2, 0.25) is 0 Å². The van der Waals surface area contributed by atoms with Gasteiger partial charge >= 0.3 is 5.97 Å². The van der Waals surface area contributed by atoms with Gasteiger partial charge in [-0.15, -0.1) is 11.8 Å². The fourth-order valence-electron chi connectivity index (χ4n) is 2.08. The van der Waals surface area contributed by atoms with E-state index in [9.17, 15) is 9.90 Å². The van der Waals surface area contributed by atoms with Crippen LogP contribution in [0.25, 0.3) is 0 Å². The monoisotopic (exact) mass is 374 g/mol. The number of pyridine rings is 1. The van der Waals surface area contributed by atoms with Gasteiger partial charge in [0.15, 0.2) is 0 Å². The van der Waals surface area contributed by atoms with Crippen molar-refractivity contribution in [2.24, 2.45) is 0 Å². The van der Waals surface area contributed by atoms with Crippen molar-refractivity contribution >= 4 is 33.7 Å². The van der Waals surface area contributed by atoms with Gasteiger partial charge < -0.3 is 5.11 Å². The second kappa shape index (κ2) is 8.76. The van der Waals surface area contributed by atoms with Crippen LogP contribution in [-0.4, -0.2) is 33.4 Å². The highest BCUT2D eigenvalue weighted by molar-refractivity contribution is 9.10. The quantitative estimate of drug-likeness (QED) is 0.506. The van der Waals surface area contributed by atoms with Gasteiger partial charge in [-0.25, -0.2) is 4.98 Å². The average Bonchev–Trinajstić information content (AvgIpc) is 2.39. The Labute approximate surface area is 139 Å². The van der Waals surface area contributed by atoms with Gasteiger partial charge in [0, 0.05) is 16.7 Å². The van der Waals surface area contributed by atoms with Crippen LogP contribution in [0.2, 0.25) is 0 Å². The maximum absolute atomic E-state index is 11.4. The van der Waals surface area contributed by atoms with Gasteiger partial charge in [-0.3, -0.25) is 10.1 Å². The number of aliphatic carboxylic acids is 1. The molecule has 0 fully saturated rings.